The van der Waals surface area contributed by atoms with Crippen LogP contribution >= 0.6 is 23.5 Å². The van der Waals surface area contributed by atoms with Crippen molar-refractivity contribution in [2.45, 2.75) is 39.6 Å². The molecule has 0 saturated heterocycles. The highest BCUT2D eigenvalue weighted by Gasteiger charge is 2.39. The van der Waals surface area contributed by atoms with Gasteiger partial charge in [-0.25, -0.2) is 0 Å². The molecule has 29 heavy (non-hydrogen) atoms. The van der Waals surface area contributed by atoms with Crippen LogP contribution in [-0.4, -0.2) is 15.6 Å². The van der Waals surface area contributed by atoms with Gasteiger partial charge in [-0.1, -0.05) is 67.4 Å². The molecule has 2 nitrogen and oxygen atoms in total. The van der Waals surface area contributed by atoms with E-state index in [4.69, 9.17) is 0 Å². The Morgan fingerprint density at radius 1 is 0.621 bits per heavy atom. The van der Waals surface area contributed by atoms with Crippen LogP contribution in [0.5, 0.6) is 0 Å². The van der Waals surface area contributed by atoms with Gasteiger partial charge in [0.1, 0.15) is 0 Å². The van der Waals surface area contributed by atoms with Crippen molar-refractivity contribution in [3.05, 3.63) is 95.1 Å². The Balaban J connectivity index is 1.56. The molecule has 3 aromatic rings. The van der Waals surface area contributed by atoms with Gasteiger partial charge >= 0.3 is 0 Å². The maximum atomic E-state index is 13.3. The van der Waals surface area contributed by atoms with Gasteiger partial charge in [-0.2, -0.15) is 0 Å². The molecule has 0 atom stereocenters. The van der Waals surface area contributed by atoms with E-state index in [1.54, 1.807) is 30.0 Å². The molecule has 2 aliphatic carbocycles. The van der Waals surface area contributed by atoms with Crippen molar-refractivity contribution >= 4 is 35.1 Å². The highest BCUT2D eigenvalue weighted by atomic mass is 32.2. The smallest absolute Gasteiger partial charge is 0.195 e. The van der Waals surface area contributed by atoms with E-state index >= 15 is 0 Å². The summed E-state index contributed by atoms with van der Waals surface area (Å²) in [6.45, 7) is 0. The molecule has 4 heteroatoms. The number of hydrogen-bond donors (Lipinski definition) is 0. The van der Waals surface area contributed by atoms with Crippen LogP contribution in [0, 0.1) is 0 Å². The van der Waals surface area contributed by atoms with Crippen molar-refractivity contribution in [3.8, 4) is 0 Å². The third-order valence-corrected chi connectivity index (χ3v) is 8.75. The molecule has 0 bridgehead atoms. The molecule has 0 aliphatic heterocycles. The van der Waals surface area contributed by atoms with Crippen LogP contribution in [0.2, 0.25) is 0 Å². The SMILES string of the molecule is O=C1c2ccccc2C(=O)c2c(SC3(Sc4ccccc4)CCCC3)cccc21. The number of ketones is 2. The topological polar surface area (TPSA) is 34.1 Å². The van der Waals surface area contributed by atoms with Gasteiger partial charge in [-0.15, -0.1) is 23.5 Å². The fourth-order valence-corrected chi connectivity index (χ4v) is 7.53. The van der Waals surface area contributed by atoms with Gasteiger partial charge in [0.2, 0.25) is 0 Å². The van der Waals surface area contributed by atoms with E-state index in [1.165, 1.54) is 17.7 Å². The molecule has 3 aromatic carbocycles. The number of fused-ring (bicyclic) bond motifs is 2. The molecule has 1 saturated carbocycles. The monoisotopic (exact) mass is 416 g/mol. The molecule has 0 N–H and O–H groups in total. The first-order valence-electron chi connectivity index (χ1n) is 9.91. The summed E-state index contributed by atoms with van der Waals surface area (Å²) in [6, 6.07) is 23.4. The van der Waals surface area contributed by atoms with E-state index in [-0.39, 0.29) is 15.6 Å². The summed E-state index contributed by atoms with van der Waals surface area (Å²) in [7, 11) is 0. The second-order valence-corrected chi connectivity index (χ2v) is 10.7. The van der Waals surface area contributed by atoms with Crippen molar-refractivity contribution in [1.82, 2.24) is 0 Å². The second kappa shape index (κ2) is 7.51. The van der Waals surface area contributed by atoms with Gasteiger partial charge in [0.15, 0.2) is 11.6 Å². The molecule has 5 rings (SSSR count). The molecule has 2 aliphatic rings. The average Bonchev–Trinajstić information content (AvgIpc) is 3.20. The standard InChI is InChI=1S/C25H20O2S2/c26-23-18-11-4-5-12-19(18)24(27)22-20(23)13-8-14-21(22)29-25(15-6-7-16-25)28-17-9-2-1-3-10-17/h1-5,8-14H,6-7,15-16H2. The Kier molecular flexibility index (Phi) is 4.84. The Morgan fingerprint density at radius 3 is 1.97 bits per heavy atom. The van der Waals surface area contributed by atoms with Gasteiger partial charge in [0.05, 0.1) is 4.08 Å². The van der Waals surface area contributed by atoms with Crippen LogP contribution in [0.25, 0.3) is 0 Å². The lowest BCUT2D eigenvalue weighted by atomic mass is 9.84. The third-order valence-electron chi connectivity index (χ3n) is 5.62. The predicted molar refractivity (Wildman–Crippen MR) is 119 cm³/mol. The fourth-order valence-electron chi connectivity index (χ4n) is 4.24. The number of hydrogen-bond acceptors (Lipinski definition) is 4. The summed E-state index contributed by atoms with van der Waals surface area (Å²) in [5.74, 6) is -0.0787. The lowest BCUT2D eigenvalue weighted by Crippen LogP contribution is -2.23. The fraction of sp³-hybridized carbons (Fsp3) is 0.200. The third kappa shape index (κ3) is 3.34. The highest BCUT2D eigenvalue weighted by Crippen LogP contribution is 2.56. The van der Waals surface area contributed by atoms with E-state index in [2.05, 4.69) is 24.3 Å². The molecule has 0 spiro atoms. The Bertz CT molecular complexity index is 1100. The summed E-state index contributed by atoms with van der Waals surface area (Å²) < 4.78 is -0.00321. The molecule has 144 valence electrons. The number of rotatable bonds is 4. The van der Waals surface area contributed by atoms with Gasteiger partial charge < -0.3 is 0 Å². The summed E-state index contributed by atoms with van der Waals surface area (Å²) in [5, 5.41) is 0. The summed E-state index contributed by atoms with van der Waals surface area (Å²) >= 11 is 3.68. The minimum Gasteiger partial charge on any atom is -0.289 e. The predicted octanol–water partition coefficient (Wildman–Crippen LogP) is 6.62. The van der Waals surface area contributed by atoms with Crippen LogP contribution in [0.15, 0.2) is 82.6 Å². The van der Waals surface area contributed by atoms with E-state index in [0.717, 1.165) is 17.7 Å². The molecular weight excluding hydrogens is 396 g/mol. The largest absolute Gasteiger partial charge is 0.289 e. The first-order chi connectivity index (χ1) is 14.2. The molecule has 1 fully saturated rings. The summed E-state index contributed by atoms with van der Waals surface area (Å²) in [4.78, 5) is 28.6. The first kappa shape index (κ1) is 18.7. The molecule has 0 heterocycles. The maximum absolute atomic E-state index is 13.3. The Morgan fingerprint density at radius 2 is 1.24 bits per heavy atom. The van der Waals surface area contributed by atoms with E-state index < -0.39 is 0 Å². The molecular formula is C25H20O2S2. The molecule has 0 radical (unpaired) electrons. The quantitative estimate of drug-likeness (QED) is 0.350. The highest BCUT2D eigenvalue weighted by molar-refractivity contribution is 8.18. The Hall–Kier alpha value is -2.30. The van der Waals surface area contributed by atoms with Crippen molar-refractivity contribution in [3.63, 3.8) is 0 Å². The van der Waals surface area contributed by atoms with Crippen LogP contribution in [0.4, 0.5) is 0 Å². The van der Waals surface area contributed by atoms with E-state index in [1.807, 2.05) is 42.1 Å². The second-order valence-electron chi connectivity index (χ2n) is 7.52. The number of carbonyl (C=O) groups is 2. The number of carbonyl (C=O) groups excluding carboxylic acids is 2. The normalized spacial score (nSPS) is 17.1. The minimum atomic E-state index is -0.0474. The van der Waals surface area contributed by atoms with Gasteiger partial charge in [-0.05, 0) is 31.0 Å². The molecule has 0 unspecified atom stereocenters. The van der Waals surface area contributed by atoms with Gasteiger partial charge in [0, 0.05) is 32.0 Å². The minimum absolute atomic E-state index is 0.00321. The van der Waals surface area contributed by atoms with Crippen LogP contribution in [0.3, 0.4) is 0 Å². The molecule has 0 aromatic heterocycles. The van der Waals surface area contributed by atoms with Crippen molar-refractivity contribution < 1.29 is 9.59 Å². The number of benzene rings is 3. The van der Waals surface area contributed by atoms with Crippen molar-refractivity contribution in [2.75, 3.05) is 0 Å². The van der Waals surface area contributed by atoms with Gasteiger partial charge in [-0.3, -0.25) is 9.59 Å². The zero-order chi connectivity index (χ0) is 19.8. The summed E-state index contributed by atoms with van der Waals surface area (Å²) in [5.41, 5.74) is 2.16. The zero-order valence-corrected chi connectivity index (χ0v) is 17.5. The van der Waals surface area contributed by atoms with Crippen molar-refractivity contribution in [1.29, 1.82) is 0 Å². The maximum Gasteiger partial charge on any atom is 0.195 e. The Labute approximate surface area is 179 Å². The summed E-state index contributed by atoms with van der Waals surface area (Å²) in [6.07, 6.45) is 4.58. The van der Waals surface area contributed by atoms with E-state index in [0.29, 0.717) is 22.3 Å². The zero-order valence-electron chi connectivity index (χ0n) is 15.9. The number of thioether (sulfide) groups is 2. The van der Waals surface area contributed by atoms with Crippen LogP contribution in [-0.2, 0) is 0 Å². The molecule has 0 amide bonds. The van der Waals surface area contributed by atoms with E-state index in [9.17, 15) is 9.59 Å². The van der Waals surface area contributed by atoms with Gasteiger partial charge in [0.25, 0.3) is 0 Å². The first-order valence-corrected chi connectivity index (χ1v) is 11.5. The van der Waals surface area contributed by atoms with Crippen LogP contribution in [0.1, 0.15) is 57.5 Å². The lowest BCUT2D eigenvalue weighted by molar-refractivity contribution is 0.0977. The average molecular weight is 417 g/mol. The van der Waals surface area contributed by atoms with Crippen LogP contribution < -0.4 is 0 Å². The lowest BCUT2D eigenvalue weighted by Gasteiger charge is -2.30. The van der Waals surface area contributed by atoms with Crippen molar-refractivity contribution in [2.24, 2.45) is 0 Å².